The van der Waals surface area contributed by atoms with E-state index in [1.807, 2.05) is 30.5 Å². The van der Waals surface area contributed by atoms with Gasteiger partial charge in [0.15, 0.2) is 0 Å². The smallest absolute Gasteiger partial charge is 0.128 e. The van der Waals surface area contributed by atoms with Crippen molar-refractivity contribution in [3.63, 3.8) is 0 Å². The van der Waals surface area contributed by atoms with Crippen molar-refractivity contribution in [2.24, 2.45) is 4.99 Å². The highest BCUT2D eigenvalue weighted by atomic mass is 35.5. The third-order valence-corrected chi connectivity index (χ3v) is 4.75. The monoisotopic (exact) mass is 326 g/mol. The predicted molar refractivity (Wildman–Crippen MR) is 92.8 cm³/mol. The molecule has 23 heavy (non-hydrogen) atoms. The first kappa shape index (κ1) is 14.5. The Morgan fingerprint density at radius 2 is 2.00 bits per heavy atom. The molecule has 0 bridgehead atoms. The molecule has 0 saturated carbocycles. The van der Waals surface area contributed by atoms with E-state index in [9.17, 15) is 4.39 Å². The Balaban J connectivity index is 1.94. The van der Waals surface area contributed by atoms with Crippen LogP contribution in [0.15, 0.2) is 59.2 Å². The number of hydrogen-bond acceptors (Lipinski definition) is 2. The molecule has 0 fully saturated rings. The van der Waals surface area contributed by atoms with Crippen LogP contribution in [-0.4, -0.2) is 12.3 Å². The Morgan fingerprint density at radius 1 is 1.17 bits per heavy atom. The van der Waals surface area contributed by atoms with E-state index in [1.165, 1.54) is 11.8 Å². The molecule has 2 nitrogen and oxygen atoms in total. The molecule has 0 radical (unpaired) electrons. The molecule has 0 aliphatic carbocycles. The van der Waals surface area contributed by atoms with Crippen molar-refractivity contribution >= 4 is 23.5 Å². The second-order valence-electron chi connectivity index (χ2n) is 5.94. The van der Waals surface area contributed by atoms with Crippen LogP contribution in [0.25, 0.3) is 0 Å². The van der Waals surface area contributed by atoms with Gasteiger partial charge in [0.25, 0.3) is 0 Å². The van der Waals surface area contributed by atoms with Crippen LogP contribution in [0, 0.1) is 5.82 Å². The third-order valence-electron chi connectivity index (χ3n) is 4.52. The second kappa shape index (κ2) is 5.50. The van der Waals surface area contributed by atoms with E-state index in [2.05, 4.69) is 17.9 Å². The zero-order valence-electron chi connectivity index (χ0n) is 12.7. The number of anilines is 1. The maximum atomic E-state index is 14.3. The van der Waals surface area contributed by atoms with Gasteiger partial charge >= 0.3 is 0 Å². The van der Waals surface area contributed by atoms with E-state index < -0.39 is 0 Å². The molecule has 0 spiro atoms. The van der Waals surface area contributed by atoms with E-state index in [1.54, 1.807) is 12.1 Å². The number of aliphatic imine (C=N–C) groups is 1. The van der Waals surface area contributed by atoms with E-state index >= 15 is 0 Å². The highest BCUT2D eigenvalue weighted by molar-refractivity contribution is 6.30. The van der Waals surface area contributed by atoms with Crippen LogP contribution in [0.3, 0.4) is 0 Å². The maximum absolute atomic E-state index is 14.3. The van der Waals surface area contributed by atoms with E-state index in [-0.39, 0.29) is 17.9 Å². The number of halogens is 2. The molecule has 116 valence electrons. The highest BCUT2D eigenvalue weighted by Gasteiger charge is 2.31. The van der Waals surface area contributed by atoms with Crippen LogP contribution in [0.5, 0.6) is 0 Å². The summed E-state index contributed by atoms with van der Waals surface area (Å²) in [7, 11) is 0. The van der Waals surface area contributed by atoms with Crippen molar-refractivity contribution in [2.45, 2.75) is 25.4 Å². The quantitative estimate of drug-likeness (QED) is 0.709. The van der Waals surface area contributed by atoms with Gasteiger partial charge in [0.05, 0.1) is 6.04 Å². The summed E-state index contributed by atoms with van der Waals surface area (Å²) in [6.45, 7) is 2.09. The summed E-state index contributed by atoms with van der Waals surface area (Å²) in [6, 6.07) is 12.4. The highest BCUT2D eigenvalue weighted by Crippen LogP contribution is 2.42. The number of allylic oxidation sites excluding steroid dienone is 1. The van der Waals surface area contributed by atoms with Gasteiger partial charge in [-0.15, -0.1) is 0 Å². The fraction of sp³-hybridized carbons (Fsp3) is 0.211. The van der Waals surface area contributed by atoms with Crippen molar-refractivity contribution in [1.29, 1.82) is 0 Å². The lowest BCUT2D eigenvalue weighted by Crippen LogP contribution is -2.29. The van der Waals surface area contributed by atoms with Gasteiger partial charge in [0.2, 0.25) is 0 Å². The molecule has 2 atom stereocenters. The minimum absolute atomic E-state index is 0.187. The average Bonchev–Trinajstić information content (AvgIpc) is 2.82. The minimum Gasteiger partial charge on any atom is -0.337 e. The van der Waals surface area contributed by atoms with Crippen molar-refractivity contribution in [1.82, 2.24) is 0 Å². The average molecular weight is 327 g/mol. The SMILES string of the molecule is CC1=CCC2C=NC(c3ccccc3F)c3cc(Cl)ccc3N12. The number of nitrogens with zero attached hydrogens (tertiary/aromatic N) is 2. The molecule has 4 rings (SSSR count). The summed E-state index contributed by atoms with van der Waals surface area (Å²) >= 11 is 6.22. The topological polar surface area (TPSA) is 15.6 Å². The van der Waals surface area contributed by atoms with Crippen molar-refractivity contribution in [3.05, 3.63) is 76.2 Å². The molecule has 0 amide bonds. The first-order valence-corrected chi connectivity index (χ1v) is 8.06. The van der Waals surface area contributed by atoms with E-state index in [0.29, 0.717) is 10.6 Å². The molecule has 2 unspecified atom stereocenters. The van der Waals surface area contributed by atoms with Crippen molar-refractivity contribution in [3.8, 4) is 0 Å². The standard InChI is InChI=1S/C19H16ClFN2/c1-12-6-8-14-11-22-19(15-4-2-3-5-17(15)21)16-10-13(20)7-9-18(16)23(12)14/h2-7,9-11,14,19H,8H2,1H3. The molecule has 0 aromatic heterocycles. The van der Waals surface area contributed by atoms with Gasteiger partial charge in [-0.25, -0.2) is 4.39 Å². The lowest BCUT2D eigenvalue weighted by Gasteiger charge is -2.27. The largest absolute Gasteiger partial charge is 0.337 e. The summed E-state index contributed by atoms with van der Waals surface area (Å²) in [5, 5.41) is 0.638. The molecule has 2 aromatic carbocycles. The summed E-state index contributed by atoms with van der Waals surface area (Å²) in [5.41, 5.74) is 3.77. The summed E-state index contributed by atoms with van der Waals surface area (Å²) in [6.07, 6.45) is 5.07. The van der Waals surface area contributed by atoms with Crippen LogP contribution in [-0.2, 0) is 0 Å². The summed E-state index contributed by atoms with van der Waals surface area (Å²) < 4.78 is 14.3. The zero-order valence-corrected chi connectivity index (χ0v) is 13.5. The Labute approximate surface area is 139 Å². The molecule has 2 aromatic rings. The Morgan fingerprint density at radius 3 is 2.83 bits per heavy atom. The maximum Gasteiger partial charge on any atom is 0.128 e. The molecule has 0 N–H and O–H groups in total. The van der Waals surface area contributed by atoms with Crippen LogP contribution >= 0.6 is 11.6 Å². The van der Waals surface area contributed by atoms with Crippen molar-refractivity contribution in [2.75, 3.05) is 4.90 Å². The Hall–Kier alpha value is -2.13. The molecule has 4 heteroatoms. The van der Waals surface area contributed by atoms with Gasteiger partial charge in [-0.1, -0.05) is 35.9 Å². The molecule has 2 aliphatic heterocycles. The van der Waals surface area contributed by atoms with Crippen LogP contribution < -0.4 is 4.90 Å². The first-order valence-electron chi connectivity index (χ1n) is 7.68. The second-order valence-corrected chi connectivity index (χ2v) is 6.38. The Bertz CT molecular complexity index is 828. The normalized spacial score (nSPS) is 22.4. The lowest BCUT2D eigenvalue weighted by atomic mass is 9.97. The predicted octanol–water partition coefficient (Wildman–Crippen LogP) is 5.14. The number of hydrogen-bond donors (Lipinski definition) is 0. The fourth-order valence-electron chi connectivity index (χ4n) is 3.43. The minimum atomic E-state index is -0.372. The van der Waals surface area contributed by atoms with E-state index in [0.717, 1.165) is 17.7 Å². The zero-order chi connectivity index (χ0) is 16.0. The number of fused-ring (bicyclic) bond motifs is 3. The third kappa shape index (κ3) is 2.36. The summed E-state index contributed by atoms with van der Waals surface area (Å²) in [4.78, 5) is 6.98. The van der Waals surface area contributed by atoms with E-state index in [4.69, 9.17) is 16.6 Å². The van der Waals surface area contributed by atoms with Crippen LogP contribution in [0.1, 0.15) is 30.5 Å². The van der Waals surface area contributed by atoms with Gasteiger partial charge in [-0.3, -0.25) is 4.99 Å². The molecule has 2 heterocycles. The van der Waals surface area contributed by atoms with Gasteiger partial charge < -0.3 is 4.90 Å². The van der Waals surface area contributed by atoms with Gasteiger partial charge in [0, 0.05) is 33.7 Å². The van der Waals surface area contributed by atoms with Gasteiger partial charge in [0.1, 0.15) is 11.9 Å². The van der Waals surface area contributed by atoms with Crippen molar-refractivity contribution < 1.29 is 4.39 Å². The fourth-order valence-corrected chi connectivity index (χ4v) is 3.61. The lowest BCUT2D eigenvalue weighted by molar-refractivity contribution is 0.600. The summed E-state index contributed by atoms with van der Waals surface area (Å²) in [5.74, 6) is -0.241. The van der Waals surface area contributed by atoms with Crippen LogP contribution in [0.4, 0.5) is 10.1 Å². The number of rotatable bonds is 1. The molecule has 2 aliphatic rings. The van der Waals surface area contributed by atoms with Gasteiger partial charge in [-0.05, 0) is 37.6 Å². The molecular weight excluding hydrogens is 311 g/mol. The first-order chi connectivity index (χ1) is 11.1. The van der Waals surface area contributed by atoms with Crippen LogP contribution in [0.2, 0.25) is 5.02 Å². The molecule has 0 saturated heterocycles. The molecular formula is C19H16ClFN2. The Kier molecular flexibility index (Phi) is 3.46. The number of benzene rings is 2. The van der Waals surface area contributed by atoms with Gasteiger partial charge in [-0.2, -0.15) is 0 Å².